The zero-order valence-corrected chi connectivity index (χ0v) is 11.7. The molecule has 1 heterocycles. The van der Waals surface area contributed by atoms with Gasteiger partial charge in [0.25, 0.3) is 0 Å². The molecule has 1 aliphatic carbocycles. The number of rotatable bonds is 2. The van der Waals surface area contributed by atoms with Crippen LogP contribution in [-0.2, 0) is 17.6 Å². The van der Waals surface area contributed by atoms with Crippen molar-refractivity contribution in [3.8, 4) is 0 Å². The van der Waals surface area contributed by atoms with Crippen molar-refractivity contribution in [3.63, 3.8) is 0 Å². The number of nitrogens with zero attached hydrogens (tertiary/aromatic N) is 1. The molecule has 1 aliphatic heterocycles. The van der Waals surface area contributed by atoms with Gasteiger partial charge < -0.3 is 15.3 Å². The molecule has 5 nitrogen and oxygen atoms in total. The molecule has 1 saturated heterocycles. The molecule has 3 rings (SSSR count). The fraction of sp³-hybridized carbons (Fsp3) is 0.429. The molecule has 0 saturated carbocycles. The number of benzene rings is 1. The van der Waals surface area contributed by atoms with Crippen molar-refractivity contribution in [2.75, 3.05) is 11.6 Å². The van der Waals surface area contributed by atoms with E-state index in [9.17, 15) is 9.59 Å². The minimum absolute atomic E-state index is 0.0694. The van der Waals surface area contributed by atoms with Crippen LogP contribution in [0.25, 0.3) is 0 Å². The molecule has 1 unspecified atom stereocenters. The lowest BCUT2D eigenvalue weighted by molar-refractivity contribution is -0.140. The second-order valence-corrected chi connectivity index (χ2v) is 6.15. The van der Waals surface area contributed by atoms with Gasteiger partial charge >= 0.3 is 12.0 Å². The third-order valence-corrected chi connectivity index (χ3v) is 4.82. The zero-order chi connectivity index (χ0) is 14.1. The predicted molar refractivity (Wildman–Crippen MR) is 76.8 cm³/mol. The molecular formula is C14H16N2O3S. The van der Waals surface area contributed by atoms with Crippen molar-refractivity contribution >= 4 is 23.8 Å². The Morgan fingerprint density at radius 2 is 1.90 bits per heavy atom. The van der Waals surface area contributed by atoms with Crippen LogP contribution in [-0.4, -0.2) is 45.7 Å². The topological polar surface area (TPSA) is 69.6 Å². The van der Waals surface area contributed by atoms with E-state index in [4.69, 9.17) is 5.11 Å². The third-order valence-electron chi connectivity index (χ3n) is 3.81. The van der Waals surface area contributed by atoms with E-state index in [2.05, 4.69) is 17.4 Å². The summed E-state index contributed by atoms with van der Waals surface area (Å²) in [4.78, 5) is 24.7. The number of carboxylic acids is 1. The number of aliphatic carboxylic acids is 1. The number of carbonyl (C=O) groups is 2. The van der Waals surface area contributed by atoms with Crippen LogP contribution in [0.4, 0.5) is 4.79 Å². The maximum absolute atomic E-state index is 12.2. The molecule has 6 heteroatoms. The van der Waals surface area contributed by atoms with Crippen LogP contribution in [0.2, 0.25) is 0 Å². The number of hydrogen-bond acceptors (Lipinski definition) is 3. The zero-order valence-electron chi connectivity index (χ0n) is 10.9. The number of urea groups is 1. The van der Waals surface area contributed by atoms with Crippen LogP contribution < -0.4 is 5.32 Å². The molecule has 2 aliphatic rings. The second kappa shape index (κ2) is 5.36. The fourth-order valence-electron chi connectivity index (χ4n) is 2.77. The van der Waals surface area contributed by atoms with E-state index in [0.717, 1.165) is 12.8 Å². The minimum Gasteiger partial charge on any atom is -0.480 e. The van der Waals surface area contributed by atoms with Crippen molar-refractivity contribution < 1.29 is 14.7 Å². The average Bonchev–Trinajstić information content (AvgIpc) is 3.04. The summed E-state index contributed by atoms with van der Waals surface area (Å²) < 4.78 is 0. The molecule has 0 aromatic heterocycles. The first kappa shape index (κ1) is 13.3. The van der Waals surface area contributed by atoms with Crippen LogP contribution in [0.1, 0.15) is 11.1 Å². The van der Waals surface area contributed by atoms with Gasteiger partial charge in [-0.3, -0.25) is 0 Å². The lowest BCUT2D eigenvalue weighted by Gasteiger charge is -2.23. The first-order valence-corrected chi connectivity index (χ1v) is 7.75. The molecule has 20 heavy (non-hydrogen) atoms. The van der Waals surface area contributed by atoms with Crippen molar-refractivity contribution in [2.45, 2.75) is 24.9 Å². The van der Waals surface area contributed by atoms with Gasteiger partial charge in [-0.15, -0.1) is 11.8 Å². The summed E-state index contributed by atoms with van der Waals surface area (Å²) in [6, 6.07) is 7.26. The Bertz CT molecular complexity index is 524. The Kier molecular flexibility index (Phi) is 3.56. The highest BCUT2D eigenvalue weighted by atomic mass is 32.2. The molecule has 1 aromatic carbocycles. The van der Waals surface area contributed by atoms with Gasteiger partial charge in [-0.05, 0) is 24.0 Å². The van der Waals surface area contributed by atoms with Gasteiger partial charge in [-0.25, -0.2) is 9.59 Å². The van der Waals surface area contributed by atoms with E-state index in [0.29, 0.717) is 11.6 Å². The molecule has 1 aromatic rings. The van der Waals surface area contributed by atoms with Gasteiger partial charge in [0.05, 0.1) is 5.88 Å². The second-order valence-electron chi connectivity index (χ2n) is 5.15. The molecule has 106 valence electrons. The standard InChI is InChI=1S/C14H16N2O3S/c17-13(18)12-7-20-8-16(12)14(19)15-11-5-9-3-1-2-4-10(9)6-11/h1-4,11-12H,5-8H2,(H,15,19)(H,17,18). The van der Waals surface area contributed by atoms with Crippen molar-refractivity contribution in [2.24, 2.45) is 0 Å². The molecule has 2 amide bonds. The maximum atomic E-state index is 12.2. The summed E-state index contributed by atoms with van der Waals surface area (Å²) in [6.07, 6.45) is 1.64. The Hall–Kier alpha value is -1.69. The summed E-state index contributed by atoms with van der Waals surface area (Å²) in [5.41, 5.74) is 2.53. The molecule has 1 fully saturated rings. The van der Waals surface area contributed by atoms with Crippen LogP contribution in [0.15, 0.2) is 24.3 Å². The Morgan fingerprint density at radius 3 is 2.50 bits per heavy atom. The van der Waals surface area contributed by atoms with Crippen molar-refractivity contribution in [1.82, 2.24) is 10.2 Å². The highest BCUT2D eigenvalue weighted by Crippen LogP contribution is 2.24. The van der Waals surface area contributed by atoms with Crippen LogP contribution >= 0.6 is 11.8 Å². The molecule has 0 bridgehead atoms. The van der Waals surface area contributed by atoms with Gasteiger partial charge in [-0.2, -0.15) is 0 Å². The van der Waals surface area contributed by atoms with E-state index < -0.39 is 12.0 Å². The first-order valence-electron chi connectivity index (χ1n) is 6.59. The number of carboxylic acid groups (broad SMARTS) is 1. The monoisotopic (exact) mass is 292 g/mol. The minimum atomic E-state index is -0.931. The predicted octanol–water partition coefficient (Wildman–Crippen LogP) is 1.32. The van der Waals surface area contributed by atoms with E-state index in [1.165, 1.54) is 27.8 Å². The summed E-state index contributed by atoms with van der Waals surface area (Å²) >= 11 is 1.48. The van der Waals surface area contributed by atoms with Gasteiger partial charge in [-0.1, -0.05) is 24.3 Å². The van der Waals surface area contributed by atoms with Crippen LogP contribution in [0, 0.1) is 0 Å². The van der Waals surface area contributed by atoms with Gasteiger partial charge in [0, 0.05) is 11.8 Å². The number of carbonyl (C=O) groups excluding carboxylic acids is 1. The SMILES string of the molecule is O=C(O)C1CSCN1C(=O)NC1Cc2ccccc2C1. The highest BCUT2D eigenvalue weighted by Gasteiger charge is 2.35. The van der Waals surface area contributed by atoms with Crippen LogP contribution in [0.3, 0.4) is 0 Å². The summed E-state index contributed by atoms with van der Waals surface area (Å²) in [7, 11) is 0. The van der Waals surface area contributed by atoms with E-state index in [1.807, 2.05) is 12.1 Å². The highest BCUT2D eigenvalue weighted by molar-refractivity contribution is 7.99. The Labute approximate surface area is 121 Å². The normalized spacial score (nSPS) is 21.8. The molecule has 1 atom stereocenters. The number of fused-ring (bicyclic) bond motifs is 1. The fourth-order valence-corrected chi connectivity index (χ4v) is 3.91. The molecule has 2 N–H and O–H groups in total. The number of nitrogens with one attached hydrogen (secondary N) is 1. The quantitative estimate of drug-likeness (QED) is 0.862. The Morgan fingerprint density at radius 1 is 1.25 bits per heavy atom. The maximum Gasteiger partial charge on any atom is 0.327 e. The third kappa shape index (κ3) is 2.47. The number of amides is 2. The summed E-state index contributed by atoms with van der Waals surface area (Å²) in [5, 5.41) is 12.1. The average molecular weight is 292 g/mol. The summed E-state index contributed by atoms with van der Waals surface area (Å²) in [6.45, 7) is 0. The van der Waals surface area contributed by atoms with E-state index >= 15 is 0 Å². The van der Waals surface area contributed by atoms with Crippen LogP contribution in [0.5, 0.6) is 0 Å². The van der Waals surface area contributed by atoms with Gasteiger partial charge in [0.15, 0.2) is 0 Å². The largest absolute Gasteiger partial charge is 0.480 e. The molecular weight excluding hydrogens is 276 g/mol. The van der Waals surface area contributed by atoms with Crippen molar-refractivity contribution in [1.29, 1.82) is 0 Å². The number of hydrogen-bond donors (Lipinski definition) is 2. The van der Waals surface area contributed by atoms with Gasteiger partial charge in [0.1, 0.15) is 6.04 Å². The summed E-state index contributed by atoms with van der Waals surface area (Å²) in [5.74, 6) is -0.0179. The smallest absolute Gasteiger partial charge is 0.327 e. The van der Waals surface area contributed by atoms with Gasteiger partial charge in [0.2, 0.25) is 0 Å². The first-order chi connectivity index (χ1) is 9.65. The van der Waals surface area contributed by atoms with E-state index in [-0.39, 0.29) is 12.1 Å². The Balaban J connectivity index is 1.62. The number of thioether (sulfide) groups is 1. The molecule has 0 spiro atoms. The lowest BCUT2D eigenvalue weighted by Crippen LogP contribution is -2.50. The van der Waals surface area contributed by atoms with E-state index in [1.54, 1.807) is 0 Å². The lowest BCUT2D eigenvalue weighted by atomic mass is 10.1. The van der Waals surface area contributed by atoms with Crippen molar-refractivity contribution in [3.05, 3.63) is 35.4 Å². The molecule has 0 radical (unpaired) electrons.